The van der Waals surface area contributed by atoms with Gasteiger partial charge in [-0.15, -0.1) is 35.0 Å². The molecule has 2 aliphatic rings. The molecule has 2 atom stereocenters. The van der Waals surface area contributed by atoms with E-state index in [0.717, 1.165) is 56.8 Å². The van der Waals surface area contributed by atoms with Crippen molar-refractivity contribution >= 4 is 30.7 Å². The van der Waals surface area contributed by atoms with E-state index in [0.29, 0.717) is 0 Å². The van der Waals surface area contributed by atoms with Crippen LogP contribution in [0.1, 0.15) is 57.2 Å². The number of rotatable bonds is 4. The Morgan fingerprint density at radius 3 is 2.82 bits per heavy atom. The predicted molar refractivity (Wildman–Crippen MR) is 89.7 cm³/mol. The molecule has 0 radical (unpaired) electrons. The molecule has 2 N–H and O–H groups in total. The molecule has 1 aromatic rings. The van der Waals surface area contributed by atoms with Crippen LogP contribution in [0.25, 0.3) is 0 Å². The summed E-state index contributed by atoms with van der Waals surface area (Å²) in [6.45, 7) is 5.95. The predicted octanol–water partition coefficient (Wildman–Crippen LogP) is 1.78. The van der Waals surface area contributed by atoms with Crippen LogP contribution in [0.2, 0.25) is 0 Å². The highest BCUT2D eigenvalue weighted by atomic mass is 35.5. The van der Waals surface area contributed by atoms with Crippen LogP contribution in [0, 0.1) is 0 Å². The van der Waals surface area contributed by atoms with Crippen molar-refractivity contribution in [2.24, 2.45) is 0 Å². The molecule has 1 saturated heterocycles. The Morgan fingerprint density at radius 2 is 2.18 bits per heavy atom. The number of amides is 1. The minimum absolute atomic E-state index is 0. The van der Waals surface area contributed by atoms with Gasteiger partial charge in [-0.3, -0.25) is 4.79 Å². The molecule has 0 bridgehead atoms. The Morgan fingerprint density at radius 1 is 1.41 bits per heavy atom. The summed E-state index contributed by atoms with van der Waals surface area (Å²) < 4.78 is 2.14. The molecule has 1 fully saturated rings. The first-order chi connectivity index (χ1) is 9.66. The SMILES string of the molecule is CCC1(C(=O)NC(C)c2nnc3n2CCC3)CCCN1.Cl.Cl. The molecule has 1 aromatic heterocycles. The van der Waals surface area contributed by atoms with Gasteiger partial charge in [0.25, 0.3) is 0 Å². The van der Waals surface area contributed by atoms with Crippen molar-refractivity contribution in [3.63, 3.8) is 0 Å². The fraction of sp³-hybridized carbons (Fsp3) is 0.786. The van der Waals surface area contributed by atoms with Gasteiger partial charge in [-0.05, 0) is 39.2 Å². The lowest BCUT2D eigenvalue weighted by Gasteiger charge is -2.28. The van der Waals surface area contributed by atoms with Gasteiger partial charge in [0.15, 0.2) is 5.82 Å². The summed E-state index contributed by atoms with van der Waals surface area (Å²) in [4.78, 5) is 12.6. The smallest absolute Gasteiger partial charge is 0.240 e. The van der Waals surface area contributed by atoms with Crippen LogP contribution >= 0.6 is 24.8 Å². The highest BCUT2D eigenvalue weighted by Crippen LogP contribution is 2.25. The van der Waals surface area contributed by atoms with E-state index >= 15 is 0 Å². The second kappa shape index (κ2) is 7.62. The lowest BCUT2D eigenvalue weighted by molar-refractivity contribution is -0.128. The zero-order valence-corrected chi connectivity index (χ0v) is 14.7. The Labute approximate surface area is 143 Å². The van der Waals surface area contributed by atoms with Gasteiger partial charge < -0.3 is 15.2 Å². The number of fused-ring (bicyclic) bond motifs is 1. The van der Waals surface area contributed by atoms with Crippen LogP contribution in [0.4, 0.5) is 0 Å². The Hall–Kier alpha value is -0.850. The average molecular weight is 350 g/mol. The maximum absolute atomic E-state index is 12.6. The van der Waals surface area contributed by atoms with E-state index in [1.807, 2.05) is 6.92 Å². The van der Waals surface area contributed by atoms with E-state index in [4.69, 9.17) is 0 Å². The monoisotopic (exact) mass is 349 g/mol. The quantitative estimate of drug-likeness (QED) is 0.868. The number of nitrogens with zero attached hydrogens (tertiary/aromatic N) is 3. The molecule has 0 spiro atoms. The van der Waals surface area contributed by atoms with Crippen molar-refractivity contribution in [3.05, 3.63) is 11.6 Å². The standard InChI is InChI=1S/C14H23N5O.2ClH/c1-3-14(7-5-8-15-14)13(20)16-10(2)12-18-17-11-6-4-9-19(11)12;;/h10,15H,3-9H2,1-2H3,(H,16,20);2*1H. The summed E-state index contributed by atoms with van der Waals surface area (Å²) in [5.74, 6) is 2.03. The number of carbonyl (C=O) groups is 1. The van der Waals surface area contributed by atoms with Crippen LogP contribution in [-0.4, -0.2) is 32.8 Å². The van der Waals surface area contributed by atoms with Gasteiger partial charge in [-0.2, -0.15) is 0 Å². The summed E-state index contributed by atoms with van der Waals surface area (Å²) >= 11 is 0. The largest absolute Gasteiger partial charge is 0.345 e. The topological polar surface area (TPSA) is 71.8 Å². The first kappa shape index (κ1) is 19.2. The van der Waals surface area contributed by atoms with Gasteiger partial charge >= 0.3 is 0 Å². The zero-order chi connectivity index (χ0) is 14.2. The number of hydrogen-bond acceptors (Lipinski definition) is 4. The van der Waals surface area contributed by atoms with Gasteiger partial charge in [-0.25, -0.2) is 0 Å². The third kappa shape index (κ3) is 3.24. The molecule has 6 nitrogen and oxygen atoms in total. The van der Waals surface area contributed by atoms with Crippen molar-refractivity contribution in [1.29, 1.82) is 0 Å². The molecule has 2 unspecified atom stereocenters. The second-order valence-corrected chi connectivity index (χ2v) is 5.89. The van der Waals surface area contributed by atoms with Crippen molar-refractivity contribution in [3.8, 4) is 0 Å². The molecule has 8 heteroatoms. The van der Waals surface area contributed by atoms with Gasteiger partial charge in [0.2, 0.25) is 5.91 Å². The number of nitrogens with one attached hydrogen (secondary N) is 2. The normalized spacial score (nSPS) is 24.1. The lowest BCUT2D eigenvalue weighted by atomic mass is 9.93. The minimum atomic E-state index is -0.387. The van der Waals surface area contributed by atoms with Gasteiger partial charge in [-0.1, -0.05) is 6.92 Å². The zero-order valence-electron chi connectivity index (χ0n) is 13.1. The van der Waals surface area contributed by atoms with Crippen LogP contribution < -0.4 is 10.6 Å². The van der Waals surface area contributed by atoms with Gasteiger partial charge in [0, 0.05) is 13.0 Å². The highest BCUT2D eigenvalue weighted by Gasteiger charge is 2.40. The highest BCUT2D eigenvalue weighted by molar-refractivity contribution is 5.87. The van der Waals surface area contributed by atoms with E-state index < -0.39 is 0 Å². The van der Waals surface area contributed by atoms with E-state index in [1.54, 1.807) is 0 Å². The lowest BCUT2D eigenvalue weighted by Crippen LogP contribution is -2.53. The third-order valence-corrected chi connectivity index (χ3v) is 4.65. The Kier molecular flexibility index (Phi) is 6.65. The van der Waals surface area contributed by atoms with Gasteiger partial charge in [0.05, 0.1) is 11.6 Å². The number of halogens is 2. The number of aromatic nitrogens is 3. The van der Waals surface area contributed by atoms with Crippen molar-refractivity contribution in [2.45, 2.75) is 64.1 Å². The van der Waals surface area contributed by atoms with Crippen molar-refractivity contribution in [2.75, 3.05) is 6.54 Å². The van der Waals surface area contributed by atoms with E-state index in [9.17, 15) is 4.79 Å². The molecule has 1 amide bonds. The molecule has 0 aliphatic carbocycles. The van der Waals surface area contributed by atoms with Crippen LogP contribution in [0.15, 0.2) is 0 Å². The fourth-order valence-corrected chi connectivity index (χ4v) is 3.36. The second-order valence-electron chi connectivity index (χ2n) is 5.89. The molecule has 3 rings (SSSR count). The maximum atomic E-state index is 12.6. The van der Waals surface area contributed by atoms with Crippen molar-refractivity contribution < 1.29 is 4.79 Å². The molecule has 3 heterocycles. The van der Waals surface area contributed by atoms with E-state index in [2.05, 4.69) is 32.3 Å². The summed E-state index contributed by atoms with van der Waals surface area (Å²) in [6, 6.07) is -0.0901. The first-order valence-electron chi connectivity index (χ1n) is 7.64. The molecule has 2 aliphatic heterocycles. The van der Waals surface area contributed by atoms with Gasteiger partial charge in [0.1, 0.15) is 5.82 Å². The Balaban J connectivity index is 0.00000121. The van der Waals surface area contributed by atoms with E-state index in [1.165, 1.54) is 0 Å². The van der Waals surface area contributed by atoms with Crippen molar-refractivity contribution in [1.82, 2.24) is 25.4 Å². The Bertz CT molecular complexity index is 513. The fourth-order valence-electron chi connectivity index (χ4n) is 3.36. The number of carbonyl (C=O) groups excluding carboxylic acids is 1. The number of aryl methyl sites for hydroxylation is 1. The number of hydrogen-bond donors (Lipinski definition) is 2. The molecule has 0 aromatic carbocycles. The summed E-state index contributed by atoms with van der Waals surface area (Å²) in [5.41, 5.74) is -0.387. The molecule has 0 saturated carbocycles. The minimum Gasteiger partial charge on any atom is -0.345 e. The van der Waals surface area contributed by atoms with Crippen LogP contribution in [0.5, 0.6) is 0 Å². The molecular weight excluding hydrogens is 325 g/mol. The third-order valence-electron chi connectivity index (χ3n) is 4.65. The molecular formula is C14H25Cl2N5O. The molecule has 22 heavy (non-hydrogen) atoms. The summed E-state index contributed by atoms with van der Waals surface area (Å²) in [7, 11) is 0. The molecule has 126 valence electrons. The van der Waals surface area contributed by atoms with E-state index in [-0.39, 0.29) is 42.3 Å². The summed E-state index contributed by atoms with van der Waals surface area (Å²) in [5, 5.41) is 14.9. The van der Waals surface area contributed by atoms with Crippen LogP contribution in [0.3, 0.4) is 0 Å². The van der Waals surface area contributed by atoms with Crippen LogP contribution in [-0.2, 0) is 17.8 Å². The summed E-state index contributed by atoms with van der Waals surface area (Å²) in [6.07, 6.45) is 4.92. The first-order valence-corrected chi connectivity index (χ1v) is 7.64. The average Bonchev–Trinajstić information content (AvgIpc) is 3.14. The maximum Gasteiger partial charge on any atom is 0.240 e.